The van der Waals surface area contributed by atoms with Gasteiger partial charge in [-0.05, 0) is 35.2 Å². The van der Waals surface area contributed by atoms with Gasteiger partial charge >= 0.3 is 5.97 Å². The zero-order chi connectivity index (χ0) is 16.1. The highest BCUT2D eigenvalue weighted by atomic mass is 35.5. The molecular formula is C15H11ClFNO3S. The predicted molar refractivity (Wildman–Crippen MR) is 84.7 cm³/mol. The molecule has 1 N–H and O–H groups in total. The largest absolute Gasteiger partial charge is 0.465 e. The number of halogens is 2. The fraction of sp³-hybridized carbons (Fsp3) is 0.0667. The Balaban J connectivity index is 2.07. The van der Waals surface area contributed by atoms with Crippen LogP contribution < -0.4 is 5.32 Å². The van der Waals surface area contributed by atoms with Crippen LogP contribution in [0.25, 0.3) is 6.08 Å². The van der Waals surface area contributed by atoms with Crippen LogP contribution >= 0.6 is 22.9 Å². The fourth-order valence-electron chi connectivity index (χ4n) is 1.62. The number of hydrogen-bond acceptors (Lipinski definition) is 4. The molecule has 0 aliphatic heterocycles. The Kier molecular flexibility index (Phi) is 5.30. The van der Waals surface area contributed by atoms with Crippen LogP contribution in [0.5, 0.6) is 0 Å². The van der Waals surface area contributed by atoms with Crippen molar-refractivity contribution in [3.63, 3.8) is 0 Å². The number of amides is 1. The van der Waals surface area contributed by atoms with E-state index >= 15 is 0 Å². The van der Waals surface area contributed by atoms with E-state index in [9.17, 15) is 14.0 Å². The minimum Gasteiger partial charge on any atom is -0.465 e. The number of nitrogens with one attached hydrogen (secondary N) is 1. The molecule has 1 heterocycles. The van der Waals surface area contributed by atoms with E-state index in [1.54, 1.807) is 11.4 Å². The van der Waals surface area contributed by atoms with Gasteiger partial charge in [-0.3, -0.25) is 4.79 Å². The first-order valence-corrected chi connectivity index (χ1v) is 7.37. The molecule has 114 valence electrons. The number of ether oxygens (including phenoxy) is 1. The summed E-state index contributed by atoms with van der Waals surface area (Å²) in [6, 6.07) is 5.73. The van der Waals surface area contributed by atoms with Crippen LogP contribution in [0, 0.1) is 5.82 Å². The van der Waals surface area contributed by atoms with Crippen LogP contribution in [0.1, 0.15) is 15.2 Å². The number of rotatable bonds is 4. The molecule has 0 aliphatic rings. The smallest absolute Gasteiger partial charge is 0.350 e. The van der Waals surface area contributed by atoms with Crippen LogP contribution in [0.15, 0.2) is 35.7 Å². The molecular weight excluding hydrogens is 329 g/mol. The molecule has 1 aromatic carbocycles. The van der Waals surface area contributed by atoms with E-state index in [0.29, 0.717) is 16.1 Å². The van der Waals surface area contributed by atoms with Crippen LogP contribution in [0.3, 0.4) is 0 Å². The van der Waals surface area contributed by atoms with Gasteiger partial charge in [-0.2, -0.15) is 0 Å². The summed E-state index contributed by atoms with van der Waals surface area (Å²) in [6.45, 7) is 0. The van der Waals surface area contributed by atoms with Crippen molar-refractivity contribution < 1.29 is 18.7 Å². The van der Waals surface area contributed by atoms with E-state index in [-0.39, 0.29) is 5.02 Å². The van der Waals surface area contributed by atoms with Crippen molar-refractivity contribution in [3.8, 4) is 0 Å². The van der Waals surface area contributed by atoms with Crippen molar-refractivity contribution in [1.29, 1.82) is 0 Å². The molecule has 7 heteroatoms. The Morgan fingerprint density at radius 1 is 1.36 bits per heavy atom. The molecule has 0 unspecified atom stereocenters. The molecule has 0 fully saturated rings. The average molecular weight is 340 g/mol. The van der Waals surface area contributed by atoms with Crippen molar-refractivity contribution in [1.82, 2.24) is 0 Å². The van der Waals surface area contributed by atoms with Crippen LogP contribution in [-0.2, 0) is 9.53 Å². The summed E-state index contributed by atoms with van der Waals surface area (Å²) in [7, 11) is 1.27. The molecule has 0 saturated heterocycles. The lowest BCUT2D eigenvalue weighted by Gasteiger charge is -2.02. The highest BCUT2D eigenvalue weighted by molar-refractivity contribution is 7.12. The first kappa shape index (κ1) is 16.2. The van der Waals surface area contributed by atoms with Crippen molar-refractivity contribution in [2.45, 2.75) is 0 Å². The molecule has 2 aromatic rings. The summed E-state index contributed by atoms with van der Waals surface area (Å²) < 4.78 is 17.6. The second kappa shape index (κ2) is 7.20. The van der Waals surface area contributed by atoms with E-state index in [1.807, 2.05) is 0 Å². The number of esters is 1. The van der Waals surface area contributed by atoms with Gasteiger partial charge in [-0.1, -0.05) is 17.7 Å². The van der Waals surface area contributed by atoms with Crippen LogP contribution in [-0.4, -0.2) is 19.0 Å². The number of hydrogen-bond donors (Lipinski definition) is 1. The van der Waals surface area contributed by atoms with Gasteiger partial charge in [-0.15, -0.1) is 11.3 Å². The fourth-order valence-corrected chi connectivity index (χ4v) is 2.58. The van der Waals surface area contributed by atoms with Gasteiger partial charge in [-0.25, -0.2) is 9.18 Å². The molecule has 22 heavy (non-hydrogen) atoms. The lowest BCUT2D eigenvalue weighted by Crippen LogP contribution is -2.10. The summed E-state index contributed by atoms with van der Waals surface area (Å²) >= 11 is 6.83. The van der Waals surface area contributed by atoms with Crippen LogP contribution in [0.4, 0.5) is 10.1 Å². The van der Waals surface area contributed by atoms with Crippen LogP contribution in [0.2, 0.25) is 5.02 Å². The second-order valence-corrected chi connectivity index (χ2v) is 5.47. The predicted octanol–water partition coefficient (Wildman–Crippen LogP) is 3.98. The molecule has 0 radical (unpaired) electrons. The summed E-state index contributed by atoms with van der Waals surface area (Å²) in [5.41, 5.74) is 0.962. The topological polar surface area (TPSA) is 55.4 Å². The first-order chi connectivity index (χ1) is 10.5. The minimum atomic E-state index is -0.524. The van der Waals surface area contributed by atoms with E-state index in [1.165, 1.54) is 48.8 Å². The Labute approximate surface area is 135 Å². The van der Waals surface area contributed by atoms with E-state index in [4.69, 9.17) is 11.6 Å². The van der Waals surface area contributed by atoms with E-state index in [2.05, 4.69) is 10.1 Å². The molecule has 1 amide bonds. The molecule has 1 aromatic heterocycles. The van der Waals surface area contributed by atoms with E-state index < -0.39 is 17.7 Å². The summed E-state index contributed by atoms with van der Waals surface area (Å²) in [5, 5.41) is 4.23. The first-order valence-electron chi connectivity index (χ1n) is 6.11. The highest BCUT2D eigenvalue weighted by Crippen LogP contribution is 2.23. The Morgan fingerprint density at radius 2 is 2.14 bits per heavy atom. The van der Waals surface area contributed by atoms with Gasteiger partial charge in [0.15, 0.2) is 0 Å². The number of thiophene rings is 1. The monoisotopic (exact) mass is 339 g/mol. The normalized spacial score (nSPS) is 10.7. The minimum absolute atomic E-state index is 0.0200. The molecule has 0 saturated carbocycles. The Hall–Kier alpha value is -2.18. The Bertz CT molecular complexity index is 742. The number of benzene rings is 1. The lowest BCUT2D eigenvalue weighted by molar-refractivity contribution is -0.111. The zero-order valence-corrected chi connectivity index (χ0v) is 13.0. The molecule has 4 nitrogen and oxygen atoms in total. The van der Waals surface area contributed by atoms with Crippen molar-refractivity contribution >= 4 is 46.6 Å². The summed E-state index contributed by atoms with van der Waals surface area (Å²) in [6.07, 6.45) is 2.76. The van der Waals surface area contributed by atoms with Gasteiger partial charge in [0.1, 0.15) is 10.7 Å². The second-order valence-electron chi connectivity index (χ2n) is 4.15. The molecule has 2 rings (SSSR count). The van der Waals surface area contributed by atoms with Gasteiger partial charge in [0.25, 0.3) is 0 Å². The number of methoxy groups -OCH3 is 1. The molecule has 0 spiro atoms. The SMILES string of the molecule is COC(=O)c1sccc1NC(=O)C=Cc1ccc(F)c(Cl)c1. The zero-order valence-electron chi connectivity index (χ0n) is 11.4. The summed E-state index contributed by atoms with van der Waals surface area (Å²) in [5.74, 6) is -1.46. The van der Waals surface area contributed by atoms with Crippen molar-refractivity contribution in [2.75, 3.05) is 12.4 Å². The van der Waals surface area contributed by atoms with Gasteiger partial charge in [0, 0.05) is 6.08 Å². The third-order valence-electron chi connectivity index (χ3n) is 2.66. The maximum Gasteiger partial charge on any atom is 0.350 e. The van der Waals surface area contributed by atoms with Crippen molar-refractivity contribution in [3.05, 3.63) is 57.0 Å². The molecule has 0 atom stereocenters. The maximum atomic E-state index is 13.0. The molecule has 0 aliphatic carbocycles. The maximum absolute atomic E-state index is 13.0. The number of carbonyl (C=O) groups excluding carboxylic acids is 2. The van der Waals surface area contributed by atoms with Crippen molar-refractivity contribution in [2.24, 2.45) is 0 Å². The summed E-state index contributed by atoms with van der Waals surface area (Å²) in [4.78, 5) is 23.7. The van der Waals surface area contributed by atoms with Gasteiger partial charge in [0.05, 0.1) is 17.8 Å². The lowest BCUT2D eigenvalue weighted by atomic mass is 10.2. The highest BCUT2D eigenvalue weighted by Gasteiger charge is 2.14. The van der Waals surface area contributed by atoms with Gasteiger partial charge < -0.3 is 10.1 Å². The van der Waals surface area contributed by atoms with Gasteiger partial charge in [0.2, 0.25) is 5.91 Å². The average Bonchev–Trinajstić information content (AvgIpc) is 2.95. The molecule has 0 bridgehead atoms. The quantitative estimate of drug-likeness (QED) is 0.677. The number of carbonyl (C=O) groups is 2. The number of anilines is 1. The Morgan fingerprint density at radius 3 is 2.82 bits per heavy atom. The van der Waals surface area contributed by atoms with E-state index in [0.717, 1.165) is 0 Å². The third kappa shape index (κ3) is 3.93. The third-order valence-corrected chi connectivity index (χ3v) is 3.85. The standard InChI is InChI=1S/C15H11ClFNO3S/c1-21-15(20)14-12(6-7-22-14)18-13(19)5-3-9-2-4-11(17)10(16)8-9/h2-8H,1H3,(H,18,19).